The zero-order valence-electron chi connectivity index (χ0n) is 35.4. The van der Waals surface area contributed by atoms with Crippen LogP contribution in [-0.4, -0.2) is 0 Å². The van der Waals surface area contributed by atoms with Crippen molar-refractivity contribution < 1.29 is 0 Å². The summed E-state index contributed by atoms with van der Waals surface area (Å²) >= 11 is 1.90. The van der Waals surface area contributed by atoms with Crippen molar-refractivity contribution >= 4 is 28.8 Å². The average Bonchev–Trinajstić information content (AvgIpc) is 3.72. The second kappa shape index (κ2) is 13.8. The van der Waals surface area contributed by atoms with Crippen LogP contribution >= 0.6 is 11.8 Å². The van der Waals surface area contributed by atoms with Gasteiger partial charge >= 0.3 is 0 Å². The molecule has 0 N–H and O–H groups in total. The summed E-state index contributed by atoms with van der Waals surface area (Å²) < 4.78 is 0. The summed E-state index contributed by atoms with van der Waals surface area (Å²) in [6.07, 6.45) is 0. The van der Waals surface area contributed by atoms with E-state index >= 15 is 0 Å². The molecule has 0 unspecified atom stereocenters. The van der Waals surface area contributed by atoms with E-state index in [2.05, 4.69) is 233 Å². The molecule has 0 bridgehead atoms. The second-order valence-electron chi connectivity index (χ2n) is 17.8. The van der Waals surface area contributed by atoms with E-state index in [9.17, 15) is 0 Å². The number of aryl methyl sites for hydroxylation is 2. The number of fused-ring (bicyclic) bond motifs is 12. The lowest BCUT2D eigenvalue weighted by Gasteiger charge is -2.40. The smallest absolute Gasteiger partial charge is 0.0736 e. The van der Waals surface area contributed by atoms with Crippen LogP contribution in [0.25, 0.3) is 44.5 Å². The molecule has 9 aromatic rings. The van der Waals surface area contributed by atoms with Crippen LogP contribution in [0.5, 0.6) is 0 Å². The summed E-state index contributed by atoms with van der Waals surface area (Å²) in [5.74, 6) is 0. The normalized spacial score (nSPS) is 14.3. The minimum Gasteiger partial charge on any atom is -0.310 e. The average molecular weight is 812 g/mol. The van der Waals surface area contributed by atoms with Gasteiger partial charge in [-0.2, -0.15) is 0 Å². The van der Waals surface area contributed by atoms with Crippen molar-refractivity contribution in [3.05, 3.63) is 245 Å². The molecule has 0 amide bonds. The van der Waals surface area contributed by atoms with E-state index in [1.807, 2.05) is 11.8 Å². The van der Waals surface area contributed by atoms with E-state index in [-0.39, 0.29) is 5.41 Å². The van der Waals surface area contributed by atoms with Crippen LogP contribution in [0.1, 0.15) is 58.4 Å². The van der Waals surface area contributed by atoms with E-state index < -0.39 is 5.41 Å². The number of rotatable bonds is 5. The Morgan fingerprint density at radius 3 is 1.40 bits per heavy atom. The molecule has 1 heterocycles. The zero-order valence-corrected chi connectivity index (χ0v) is 36.2. The summed E-state index contributed by atoms with van der Waals surface area (Å²) in [5.41, 5.74) is 23.7. The second-order valence-corrected chi connectivity index (χ2v) is 18.8. The molecular weight excluding hydrogens is 767 g/mol. The largest absolute Gasteiger partial charge is 0.310 e. The third kappa shape index (κ3) is 5.29. The minimum absolute atomic E-state index is 0.135. The van der Waals surface area contributed by atoms with Crippen molar-refractivity contribution in [1.82, 2.24) is 0 Å². The Balaban J connectivity index is 1.08. The number of benzene rings is 9. The van der Waals surface area contributed by atoms with Gasteiger partial charge in [-0.15, -0.1) is 0 Å². The molecular formula is C60H45NS. The molecule has 62 heavy (non-hydrogen) atoms. The van der Waals surface area contributed by atoms with Gasteiger partial charge < -0.3 is 4.90 Å². The van der Waals surface area contributed by atoms with E-state index in [4.69, 9.17) is 0 Å². The van der Waals surface area contributed by atoms with Gasteiger partial charge in [0.2, 0.25) is 0 Å². The fourth-order valence-electron chi connectivity index (χ4n) is 11.2. The molecule has 0 atom stereocenters. The quantitative estimate of drug-likeness (QED) is 0.170. The standard InChI is InChI=1S/C60H45NS/c1-38-34-43(42-28-26-41(27-29-42)40-16-6-5-7-17-40)35-39(2)58(38)61(44-30-32-48-46-18-8-10-20-50(46)59(3,4)54(48)36-44)45-31-33-49-47-19-9-11-21-51(47)60(55(49)37-45)52-22-12-14-24-56(52)62-57-25-15-13-23-53(57)60/h5-37H,1-4H3. The highest BCUT2D eigenvalue weighted by molar-refractivity contribution is 7.99. The molecule has 3 aliphatic rings. The Morgan fingerprint density at radius 1 is 0.355 bits per heavy atom. The molecule has 296 valence electrons. The van der Waals surface area contributed by atoms with Crippen molar-refractivity contribution in [2.24, 2.45) is 0 Å². The van der Waals surface area contributed by atoms with E-state index in [0.717, 1.165) is 5.69 Å². The van der Waals surface area contributed by atoms with Gasteiger partial charge in [0.15, 0.2) is 0 Å². The van der Waals surface area contributed by atoms with Crippen molar-refractivity contribution in [2.45, 2.75) is 48.3 Å². The molecule has 2 heteroatoms. The van der Waals surface area contributed by atoms with Gasteiger partial charge in [-0.3, -0.25) is 0 Å². The van der Waals surface area contributed by atoms with Crippen LogP contribution < -0.4 is 4.90 Å². The fourth-order valence-corrected chi connectivity index (χ4v) is 12.4. The number of hydrogen-bond donors (Lipinski definition) is 0. The van der Waals surface area contributed by atoms with Gasteiger partial charge in [0.1, 0.15) is 0 Å². The highest BCUT2D eigenvalue weighted by atomic mass is 32.2. The van der Waals surface area contributed by atoms with Crippen LogP contribution in [-0.2, 0) is 10.8 Å². The highest BCUT2D eigenvalue weighted by Gasteiger charge is 2.50. The van der Waals surface area contributed by atoms with Gasteiger partial charge in [0, 0.05) is 26.6 Å². The number of hydrogen-bond acceptors (Lipinski definition) is 2. The molecule has 0 saturated heterocycles. The Morgan fingerprint density at radius 2 is 0.790 bits per heavy atom. The van der Waals surface area contributed by atoms with Crippen LogP contribution in [0.15, 0.2) is 210 Å². The Bertz CT molecular complexity index is 3200. The van der Waals surface area contributed by atoms with Crippen LogP contribution in [0, 0.1) is 13.8 Å². The topological polar surface area (TPSA) is 3.24 Å². The van der Waals surface area contributed by atoms with Crippen molar-refractivity contribution in [3.8, 4) is 44.5 Å². The summed E-state index contributed by atoms with van der Waals surface area (Å²) in [6, 6.07) is 75.2. The molecule has 12 rings (SSSR count). The van der Waals surface area contributed by atoms with Gasteiger partial charge in [-0.1, -0.05) is 177 Å². The lowest BCUT2D eigenvalue weighted by atomic mass is 9.67. The maximum Gasteiger partial charge on any atom is 0.0736 e. The van der Waals surface area contributed by atoms with Crippen LogP contribution in [0.2, 0.25) is 0 Å². The molecule has 0 aromatic heterocycles. The van der Waals surface area contributed by atoms with E-state index in [0.29, 0.717) is 0 Å². The molecule has 2 aliphatic carbocycles. The van der Waals surface area contributed by atoms with Crippen LogP contribution in [0.4, 0.5) is 17.1 Å². The SMILES string of the molecule is Cc1cc(-c2ccc(-c3ccccc3)cc2)cc(C)c1N(c1ccc2c(c1)C(C)(C)c1ccccc1-2)c1ccc2c(c1)C1(c3ccccc3Sc3ccccc31)c1ccccc1-2. The molecule has 0 radical (unpaired) electrons. The van der Waals surface area contributed by atoms with Crippen molar-refractivity contribution in [3.63, 3.8) is 0 Å². The van der Waals surface area contributed by atoms with Gasteiger partial charge in [0.05, 0.1) is 11.1 Å². The summed E-state index contributed by atoms with van der Waals surface area (Å²) in [7, 11) is 0. The molecule has 1 spiro atoms. The third-order valence-corrected chi connectivity index (χ3v) is 15.1. The molecule has 0 saturated carbocycles. The molecule has 9 aromatic carbocycles. The van der Waals surface area contributed by atoms with Crippen molar-refractivity contribution in [2.75, 3.05) is 4.90 Å². The van der Waals surface area contributed by atoms with E-state index in [1.54, 1.807) is 0 Å². The van der Waals surface area contributed by atoms with Gasteiger partial charge in [-0.25, -0.2) is 0 Å². The highest BCUT2D eigenvalue weighted by Crippen LogP contribution is 2.63. The first-order valence-electron chi connectivity index (χ1n) is 21.8. The predicted octanol–water partition coefficient (Wildman–Crippen LogP) is 16.2. The lowest BCUT2D eigenvalue weighted by Crippen LogP contribution is -2.32. The molecule has 1 nitrogen and oxygen atoms in total. The van der Waals surface area contributed by atoms with Gasteiger partial charge in [-0.05, 0) is 151 Å². The minimum atomic E-state index is -0.465. The summed E-state index contributed by atoms with van der Waals surface area (Å²) in [6.45, 7) is 9.35. The zero-order chi connectivity index (χ0) is 41.7. The van der Waals surface area contributed by atoms with Crippen molar-refractivity contribution in [1.29, 1.82) is 0 Å². The Hall–Kier alpha value is -6.87. The van der Waals surface area contributed by atoms with Crippen LogP contribution in [0.3, 0.4) is 0 Å². The van der Waals surface area contributed by atoms with Gasteiger partial charge in [0.25, 0.3) is 0 Å². The fraction of sp³-hybridized carbons (Fsp3) is 0.100. The molecule has 0 fully saturated rings. The maximum atomic E-state index is 2.55. The first-order valence-corrected chi connectivity index (χ1v) is 22.6. The number of anilines is 3. The Labute approximate surface area is 369 Å². The maximum absolute atomic E-state index is 2.55. The predicted molar refractivity (Wildman–Crippen MR) is 260 cm³/mol. The number of nitrogens with zero attached hydrogens (tertiary/aromatic N) is 1. The lowest BCUT2D eigenvalue weighted by molar-refractivity contribution is 0.660. The van der Waals surface area contributed by atoms with E-state index in [1.165, 1.54) is 110 Å². The first kappa shape index (κ1) is 36.9. The monoisotopic (exact) mass is 811 g/mol. The third-order valence-electron chi connectivity index (χ3n) is 14.0. The molecule has 1 aliphatic heterocycles. The Kier molecular flexibility index (Phi) is 8.24. The summed E-state index contributed by atoms with van der Waals surface area (Å²) in [5, 5.41) is 0. The first-order chi connectivity index (χ1) is 30.3. The summed E-state index contributed by atoms with van der Waals surface area (Å²) in [4.78, 5) is 5.18.